The molecule has 0 bridgehead atoms. The first-order valence-corrected chi connectivity index (χ1v) is 9.19. The maximum absolute atomic E-state index is 13.0. The first-order valence-electron chi connectivity index (χ1n) is 7.71. The summed E-state index contributed by atoms with van der Waals surface area (Å²) in [5.74, 6) is 0.0919. The second-order valence-electron chi connectivity index (χ2n) is 5.75. The third kappa shape index (κ3) is 2.20. The maximum atomic E-state index is 13.0. The summed E-state index contributed by atoms with van der Waals surface area (Å²) in [7, 11) is -3.76. The van der Waals surface area contributed by atoms with Crippen molar-refractivity contribution in [3.05, 3.63) is 48.4 Å². The molecule has 6 nitrogen and oxygen atoms in total. The van der Waals surface area contributed by atoms with Crippen LogP contribution in [0.15, 0.2) is 52.5 Å². The van der Waals surface area contributed by atoms with E-state index in [-0.39, 0.29) is 15.6 Å². The van der Waals surface area contributed by atoms with E-state index in [0.29, 0.717) is 11.0 Å². The van der Waals surface area contributed by atoms with Crippen molar-refractivity contribution in [2.75, 3.05) is 5.73 Å². The van der Waals surface area contributed by atoms with Crippen molar-refractivity contribution in [1.82, 2.24) is 15.0 Å². The van der Waals surface area contributed by atoms with Gasteiger partial charge in [0.15, 0.2) is 0 Å². The molecule has 0 saturated carbocycles. The van der Waals surface area contributed by atoms with Crippen LogP contribution in [0.25, 0.3) is 16.6 Å². The number of sulfone groups is 1. The summed E-state index contributed by atoms with van der Waals surface area (Å²) in [5, 5.41) is 0. The summed E-state index contributed by atoms with van der Waals surface area (Å²) in [6.07, 6.45) is 6.53. The molecule has 0 atom stereocenters. The van der Waals surface area contributed by atoms with Gasteiger partial charge in [0.1, 0.15) is 22.6 Å². The van der Waals surface area contributed by atoms with Gasteiger partial charge < -0.3 is 10.7 Å². The molecule has 4 rings (SSSR count). The standard InChI is InChI=1S/C17H16N4O2S/c18-17-16(24(22,23)12-8-2-1-3-9-12)15-14(21-17)13(19-10-20-15)11-6-4-5-7-11/h1-3,6,8-10,21H,4-5,7,18H2. The van der Waals surface area contributed by atoms with E-state index in [4.69, 9.17) is 5.73 Å². The van der Waals surface area contributed by atoms with Gasteiger partial charge in [0, 0.05) is 0 Å². The number of benzene rings is 1. The van der Waals surface area contributed by atoms with Crippen LogP contribution in [0.2, 0.25) is 0 Å². The van der Waals surface area contributed by atoms with Crippen molar-refractivity contribution in [2.45, 2.75) is 29.1 Å². The summed E-state index contributed by atoms with van der Waals surface area (Å²) in [6, 6.07) is 8.23. The molecule has 1 aliphatic carbocycles. The Hall–Kier alpha value is -2.67. The number of anilines is 1. The quantitative estimate of drug-likeness (QED) is 0.763. The van der Waals surface area contributed by atoms with E-state index >= 15 is 0 Å². The Morgan fingerprint density at radius 3 is 2.62 bits per heavy atom. The molecule has 2 aromatic heterocycles. The highest BCUT2D eigenvalue weighted by Crippen LogP contribution is 2.36. The van der Waals surface area contributed by atoms with Crippen LogP contribution in [0.5, 0.6) is 0 Å². The van der Waals surface area contributed by atoms with Gasteiger partial charge in [0.25, 0.3) is 0 Å². The zero-order valence-corrected chi connectivity index (χ0v) is 13.7. The first kappa shape index (κ1) is 14.9. The fourth-order valence-electron chi connectivity index (χ4n) is 3.11. The predicted molar refractivity (Wildman–Crippen MR) is 92.0 cm³/mol. The molecule has 0 spiro atoms. The average Bonchev–Trinajstić information content (AvgIpc) is 3.22. The summed E-state index contributed by atoms with van der Waals surface area (Å²) >= 11 is 0. The molecule has 7 heteroatoms. The van der Waals surface area contributed by atoms with Crippen LogP contribution in [-0.4, -0.2) is 23.4 Å². The van der Waals surface area contributed by atoms with Crippen molar-refractivity contribution >= 4 is 32.3 Å². The number of allylic oxidation sites excluding steroid dienone is 2. The van der Waals surface area contributed by atoms with Gasteiger partial charge in [0.2, 0.25) is 9.84 Å². The lowest BCUT2D eigenvalue weighted by Gasteiger charge is -2.05. The highest BCUT2D eigenvalue weighted by atomic mass is 32.2. The number of rotatable bonds is 3. The van der Waals surface area contributed by atoms with Crippen molar-refractivity contribution in [1.29, 1.82) is 0 Å². The van der Waals surface area contributed by atoms with Gasteiger partial charge >= 0.3 is 0 Å². The first-order chi connectivity index (χ1) is 11.6. The Morgan fingerprint density at radius 2 is 1.92 bits per heavy atom. The second-order valence-corrected chi connectivity index (χ2v) is 7.64. The molecule has 0 saturated heterocycles. The minimum absolute atomic E-state index is 0.0194. The predicted octanol–water partition coefficient (Wildman–Crippen LogP) is 2.94. The van der Waals surface area contributed by atoms with Crippen LogP contribution in [0.1, 0.15) is 25.0 Å². The van der Waals surface area contributed by atoms with Gasteiger partial charge in [-0.2, -0.15) is 0 Å². The maximum Gasteiger partial charge on any atom is 0.212 e. The van der Waals surface area contributed by atoms with Gasteiger partial charge in [0.05, 0.1) is 16.1 Å². The molecule has 0 fully saturated rings. The van der Waals surface area contributed by atoms with E-state index in [0.717, 1.165) is 30.5 Å². The van der Waals surface area contributed by atoms with Gasteiger partial charge in [-0.05, 0) is 37.0 Å². The van der Waals surface area contributed by atoms with E-state index < -0.39 is 9.84 Å². The topological polar surface area (TPSA) is 102 Å². The minimum atomic E-state index is -3.76. The molecule has 24 heavy (non-hydrogen) atoms. The molecule has 1 aromatic carbocycles. The molecule has 122 valence electrons. The van der Waals surface area contributed by atoms with Crippen molar-refractivity contribution in [3.8, 4) is 0 Å². The Kier molecular flexibility index (Phi) is 3.38. The third-order valence-corrected chi connectivity index (χ3v) is 6.08. The number of nitrogens with two attached hydrogens (primary N) is 1. The number of H-pyrrole nitrogens is 1. The molecular formula is C17H16N4O2S. The van der Waals surface area contributed by atoms with Crippen LogP contribution in [0.4, 0.5) is 5.82 Å². The Labute approximate surface area is 139 Å². The number of hydrogen-bond acceptors (Lipinski definition) is 5. The summed E-state index contributed by atoms with van der Waals surface area (Å²) in [6.45, 7) is 0. The van der Waals surface area contributed by atoms with Gasteiger partial charge in [-0.1, -0.05) is 24.3 Å². The Morgan fingerprint density at radius 1 is 1.12 bits per heavy atom. The zero-order chi connectivity index (χ0) is 16.7. The lowest BCUT2D eigenvalue weighted by Crippen LogP contribution is -2.04. The molecule has 0 amide bonds. The SMILES string of the molecule is Nc1[nH]c2c(C3=CCCC3)ncnc2c1S(=O)(=O)c1ccccc1. The molecule has 2 heterocycles. The van der Waals surface area contributed by atoms with E-state index in [1.54, 1.807) is 30.3 Å². The number of nitrogens with zero attached hydrogens (tertiary/aromatic N) is 2. The van der Waals surface area contributed by atoms with Crippen LogP contribution in [-0.2, 0) is 9.84 Å². The third-order valence-electron chi connectivity index (χ3n) is 4.23. The average molecular weight is 340 g/mol. The second kappa shape index (κ2) is 5.45. The molecule has 3 N–H and O–H groups in total. The van der Waals surface area contributed by atoms with Gasteiger partial charge in [-0.3, -0.25) is 0 Å². The van der Waals surface area contributed by atoms with Crippen LogP contribution in [0.3, 0.4) is 0 Å². The number of aromatic nitrogens is 3. The molecular weight excluding hydrogens is 324 g/mol. The smallest absolute Gasteiger partial charge is 0.212 e. The summed E-state index contributed by atoms with van der Waals surface area (Å²) < 4.78 is 26.0. The fraction of sp³-hybridized carbons (Fsp3) is 0.176. The number of fused-ring (bicyclic) bond motifs is 1. The molecule has 0 aliphatic heterocycles. The fourth-order valence-corrected chi connectivity index (χ4v) is 4.62. The van der Waals surface area contributed by atoms with Crippen LogP contribution < -0.4 is 5.73 Å². The number of hydrogen-bond donors (Lipinski definition) is 2. The zero-order valence-electron chi connectivity index (χ0n) is 12.9. The molecule has 1 aliphatic rings. The van der Waals surface area contributed by atoms with Crippen molar-refractivity contribution < 1.29 is 8.42 Å². The molecule has 0 unspecified atom stereocenters. The summed E-state index contributed by atoms with van der Waals surface area (Å²) in [5.41, 5.74) is 8.78. The lowest BCUT2D eigenvalue weighted by atomic mass is 10.1. The molecule has 3 aromatic rings. The largest absolute Gasteiger partial charge is 0.384 e. The molecule has 0 radical (unpaired) electrons. The van der Waals surface area contributed by atoms with Crippen molar-refractivity contribution in [2.24, 2.45) is 0 Å². The number of nitrogens with one attached hydrogen (secondary N) is 1. The highest BCUT2D eigenvalue weighted by Gasteiger charge is 2.28. The van der Waals surface area contributed by atoms with Crippen LogP contribution >= 0.6 is 0 Å². The van der Waals surface area contributed by atoms with E-state index in [2.05, 4.69) is 21.0 Å². The van der Waals surface area contributed by atoms with E-state index in [1.165, 1.54) is 6.33 Å². The minimum Gasteiger partial charge on any atom is -0.384 e. The van der Waals surface area contributed by atoms with Crippen LogP contribution in [0, 0.1) is 0 Å². The van der Waals surface area contributed by atoms with E-state index in [1.807, 2.05) is 0 Å². The number of aromatic amines is 1. The lowest BCUT2D eigenvalue weighted by molar-refractivity contribution is 0.597. The highest BCUT2D eigenvalue weighted by molar-refractivity contribution is 7.92. The number of nitrogen functional groups attached to an aromatic ring is 1. The summed E-state index contributed by atoms with van der Waals surface area (Å²) in [4.78, 5) is 11.7. The van der Waals surface area contributed by atoms with Crippen molar-refractivity contribution in [3.63, 3.8) is 0 Å². The Bertz CT molecular complexity index is 1050. The Balaban J connectivity index is 1.98. The van der Waals surface area contributed by atoms with Gasteiger partial charge in [-0.25, -0.2) is 18.4 Å². The normalized spacial score (nSPS) is 14.9. The van der Waals surface area contributed by atoms with E-state index in [9.17, 15) is 8.42 Å². The monoisotopic (exact) mass is 340 g/mol. The van der Waals surface area contributed by atoms with Gasteiger partial charge in [-0.15, -0.1) is 0 Å².